The average molecular weight is 400 g/mol. The van der Waals surface area contributed by atoms with E-state index in [0.29, 0.717) is 12.8 Å². The second-order valence-electron chi connectivity index (χ2n) is 10.3. The molecule has 3 unspecified atom stereocenters. The van der Waals surface area contributed by atoms with E-state index in [1.54, 1.807) is 32.8 Å². The van der Waals surface area contributed by atoms with Gasteiger partial charge in [0.2, 0.25) is 0 Å². The van der Waals surface area contributed by atoms with Crippen molar-refractivity contribution in [1.82, 2.24) is 27.9 Å². The van der Waals surface area contributed by atoms with Gasteiger partial charge in [-0.3, -0.25) is 0 Å². The summed E-state index contributed by atoms with van der Waals surface area (Å²) in [5.41, 5.74) is -2.52. The van der Waals surface area contributed by atoms with Gasteiger partial charge in [-0.1, -0.05) is 0 Å². The van der Waals surface area contributed by atoms with Crippen LogP contribution in [-0.4, -0.2) is 27.9 Å². The van der Waals surface area contributed by atoms with Gasteiger partial charge in [-0.25, -0.2) is 47.0 Å². The number of nitrogens with zero attached hydrogens (tertiary/aromatic N) is 6. The van der Waals surface area contributed by atoms with Gasteiger partial charge in [-0.05, 0) is 46.0 Å². The molecule has 2 aliphatic heterocycles. The SMILES string of the molecule is Cn1c(=O)n2n(c1=O)C1(C)CC[C@H]3n4c(=O)n(C)c(=O)n4[C@@]4(C)CCC2C12C[C@]324. The molecule has 7 rings (SSSR count). The molecule has 10 heteroatoms. The minimum absolute atomic E-state index is 0.0612. The first-order valence-corrected chi connectivity index (χ1v) is 10.4. The van der Waals surface area contributed by atoms with Gasteiger partial charge in [-0.2, -0.15) is 0 Å². The largest absolute Gasteiger partial charge is 0.347 e. The summed E-state index contributed by atoms with van der Waals surface area (Å²) in [6.45, 7) is 4.24. The summed E-state index contributed by atoms with van der Waals surface area (Å²) in [6, 6.07) is -0.122. The van der Waals surface area contributed by atoms with Crippen LogP contribution in [0.2, 0.25) is 0 Å². The first-order chi connectivity index (χ1) is 13.6. The highest BCUT2D eigenvalue weighted by atomic mass is 16.2. The molecule has 2 spiro atoms. The van der Waals surface area contributed by atoms with Crippen LogP contribution in [-0.2, 0) is 25.2 Å². The molecule has 6 atom stereocenters. The third kappa shape index (κ3) is 1.11. The first kappa shape index (κ1) is 16.3. The molecule has 154 valence electrons. The minimum Gasteiger partial charge on any atom is -0.246 e. The van der Waals surface area contributed by atoms with Gasteiger partial charge in [0, 0.05) is 24.9 Å². The fourth-order valence-electron chi connectivity index (χ4n) is 8.87. The van der Waals surface area contributed by atoms with E-state index < -0.39 is 11.1 Å². The highest BCUT2D eigenvalue weighted by Crippen LogP contribution is 2.92. The van der Waals surface area contributed by atoms with Crippen molar-refractivity contribution >= 4 is 0 Å². The minimum atomic E-state index is -0.480. The van der Waals surface area contributed by atoms with Gasteiger partial charge in [0.15, 0.2) is 0 Å². The second-order valence-corrected chi connectivity index (χ2v) is 10.3. The Bertz CT molecular complexity index is 1310. The number of rotatable bonds is 0. The van der Waals surface area contributed by atoms with Crippen LogP contribution in [0.3, 0.4) is 0 Å². The maximum Gasteiger partial charge on any atom is 0.347 e. The Morgan fingerprint density at radius 1 is 0.690 bits per heavy atom. The van der Waals surface area contributed by atoms with E-state index in [2.05, 4.69) is 13.8 Å². The lowest BCUT2D eigenvalue weighted by Gasteiger charge is -2.51. The molecule has 0 bridgehead atoms. The topological polar surface area (TPSA) is 97.9 Å². The van der Waals surface area contributed by atoms with E-state index in [0.717, 1.165) is 19.3 Å². The fourth-order valence-corrected chi connectivity index (χ4v) is 8.87. The summed E-state index contributed by atoms with van der Waals surface area (Å²) >= 11 is 0. The van der Waals surface area contributed by atoms with Crippen LogP contribution in [0.15, 0.2) is 19.2 Å². The monoisotopic (exact) mass is 400 g/mol. The first-order valence-electron chi connectivity index (χ1n) is 10.4. The summed E-state index contributed by atoms with van der Waals surface area (Å²) < 4.78 is 9.31. The van der Waals surface area contributed by atoms with Crippen LogP contribution in [0.4, 0.5) is 0 Å². The average Bonchev–Trinajstić information content (AvgIpc) is 3.17. The molecule has 3 aliphatic carbocycles. The van der Waals surface area contributed by atoms with Crippen molar-refractivity contribution in [3.8, 4) is 0 Å². The Morgan fingerprint density at radius 2 is 1.07 bits per heavy atom. The molecule has 3 fully saturated rings. The van der Waals surface area contributed by atoms with Crippen molar-refractivity contribution in [2.45, 2.75) is 69.1 Å². The molecule has 0 aromatic carbocycles. The van der Waals surface area contributed by atoms with Crippen molar-refractivity contribution in [2.24, 2.45) is 24.9 Å². The molecule has 29 heavy (non-hydrogen) atoms. The summed E-state index contributed by atoms with van der Waals surface area (Å²) in [5.74, 6) is 0. The van der Waals surface area contributed by atoms with Crippen molar-refractivity contribution in [1.29, 1.82) is 0 Å². The van der Waals surface area contributed by atoms with Crippen LogP contribution in [0.25, 0.3) is 0 Å². The normalized spacial score (nSPS) is 45.0. The lowest BCUT2D eigenvalue weighted by Crippen LogP contribution is -2.56. The van der Waals surface area contributed by atoms with Gasteiger partial charge in [0.25, 0.3) is 0 Å². The smallest absolute Gasteiger partial charge is 0.246 e. The van der Waals surface area contributed by atoms with E-state index in [4.69, 9.17) is 0 Å². The Morgan fingerprint density at radius 3 is 1.45 bits per heavy atom. The van der Waals surface area contributed by atoms with Gasteiger partial charge < -0.3 is 0 Å². The van der Waals surface area contributed by atoms with Gasteiger partial charge >= 0.3 is 22.8 Å². The molecular formula is C19H24N6O4. The molecule has 0 N–H and O–H groups in total. The maximum atomic E-state index is 13.1. The molecule has 3 saturated carbocycles. The highest BCUT2D eigenvalue weighted by molar-refractivity contribution is 5.40. The van der Waals surface area contributed by atoms with Crippen molar-refractivity contribution in [3.63, 3.8) is 0 Å². The zero-order valence-electron chi connectivity index (χ0n) is 17.0. The second kappa shape index (κ2) is 3.91. The molecule has 2 aromatic heterocycles. The Hall–Kier alpha value is -2.52. The van der Waals surface area contributed by atoms with Crippen molar-refractivity contribution in [3.05, 3.63) is 41.9 Å². The summed E-state index contributed by atoms with van der Waals surface area (Å²) in [6.07, 6.45) is 3.71. The van der Waals surface area contributed by atoms with Gasteiger partial charge in [0.05, 0.1) is 23.2 Å². The predicted octanol–water partition coefficient (Wildman–Crippen LogP) is -0.785. The number of aromatic nitrogens is 6. The molecule has 10 nitrogen and oxygen atoms in total. The predicted molar refractivity (Wildman–Crippen MR) is 101 cm³/mol. The molecular weight excluding hydrogens is 376 g/mol. The van der Waals surface area contributed by atoms with Crippen molar-refractivity contribution < 1.29 is 0 Å². The van der Waals surface area contributed by atoms with Crippen molar-refractivity contribution in [2.75, 3.05) is 0 Å². The van der Waals surface area contributed by atoms with Crippen LogP contribution in [0.1, 0.15) is 58.0 Å². The third-order valence-electron chi connectivity index (χ3n) is 9.96. The highest BCUT2D eigenvalue weighted by Gasteiger charge is 2.93. The maximum absolute atomic E-state index is 13.1. The van der Waals surface area contributed by atoms with Gasteiger partial charge in [0.1, 0.15) is 0 Å². The lowest BCUT2D eigenvalue weighted by molar-refractivity contribution is -0.0291. The molecule has 0 saturated heterocycles. The van der Waals surface area contributed by atoms with Gasteiger partial charge in [-0.15, -0.1) is 0 Å². The van der Waals surface area contributed by atoms with E-state index in [9.17, 15) is 19.2 Å². The Kier molecular flexibility index (Phi) is 2.20. The zero-order valence-corrected chi connectivity index (χ0v) is 17.0. The van der Waals surface area contributed by atoms with Crippen LogP contribution >= 0.6 is 0 Å². The fraction of sp³-hybridized carbons (Fsp3) is 0.789. The quantitative estimate of drug-likeness (QED) is 0.579. The van der Waals surface area contributed by atoms with Crippen LogP contribution in [0.5, 0.6) is 0 Å². The molecule has 0 radical (unpaired) electrons. The Labute approximate surface area is 164 Å². The number of hydrogen-bond donors (Lipinski definition) is 0. The van der Waals surface area contributed by atoms with E-state index in [-0.39, 0.29) is 45.7 Å². The Balaban J connectivity index is 1.59. The van der Waals surface area contributed by atoms with E-state index in [1.165, 1.54) is 9.13 Å². The molecule has 0 amide bonds. The lowest BCUT2D eigenvalue weighted by atomic mass is 9.54. The number of hydrogen-bond acceptors (Lipinski definition) is 4. The summed E-state index contributed by atoms with van der Waals surface area (Å²) in [7, 11) is 3.09. The van der Waals surface area contributed by atoms with E-state index >= 15 is 0 Å². The zero-order chi connectivity index (χ0) is 20.5. The summed E-state index contributed by atoms with van der Waals surface area (Å²) in [4.78, 5) is 52.1. The molecule has 2 aromatic rings. The molecule has 4 heterocycles. The number of fused-ring (bicyclic) bond motifs is 6. The van der Waals surface area contributed by atoms with E-state index in [1.807, 2.05) is 0 Å². The molecule has 5 aliphatic rings. The standard InChI is InChI=1S/C19H24N6O4/c1-16-7-5-11-19-9-18(16,19)10(22-12(26)20(3)14(28)24(16)22)6-8-17(19,2)25-15(29)21(4)13(27)23(11)25/h10-11H,5-9H2,1-4H3/t10-,11?,16+,17?,18-,19?/m1/s1. The summed E-state index contributed by atoms with van der Waals surface area (Å²) in [5, 5.41) is 0. The van der Waals surface area contributed by atoms with Crippen LogP contribution in [0, 0.1) is 10.8 Å². The third-order valence-corrected chi connectivity index (χ3v) is 9.96. The van der Waals surface area contributed by atoms with Crippen LogP contribution < -0.4 is 22.8 Å².